The smallest absolute Gasteiger partial charge is 0.254 e. The number of carbonyl (C=O) groups is 1. The summed E-state index contributed by atoms with van der Waals surface area (Å²) in [6.07, 6.45) is 5.17. The summed E-state index contributed by atoms with van der Waals surface area (Å²) >= 11 is 2.26. The van der Waals surface area contributed by atoms with E-state index in [0.717, 1.165) is 40.6 Å². The lowest BCUT2D eigenvalue weighted by Crippen LogP contribution is -2.39. The van der Waals surface area contributed by atoms with E-state index in [4.69, 9.17) is 0 Å². The molecular formula is C15H17IN4O. The molecule has 0 saturated carbocycles. The minimum Gasteiger partial charge on any atom is -0.338 e. The Hall–Kier alpha value is -1.44. The molecule has 0 bridgehead atoms. The van der Waals surface area contributed by atoms with Crippen molar-refractivity contribution in [3.63, 3.8) is 0 Å². The molecule has 0 aliphatic carbocycles. The van der Waals surface area contributed by atoms with Crippen LogP contribution in [-0.4, -0.2) is 38.7 Å². The van der Waals surface area contributed by atoms with E-state index in [2.05, 4.69) is 32.7 Å². The molecule has 1 aliphatic heterocycles. The molecule has 5 nitrogen and oxygen atoms in total. The fraction of sp³-hybridized carbons (Fsp3) is 0.400. The van der Waals surface area contributed by atoms with E-state index in [1.807, 2.05) is 34.7 Å². The lowest BCUT2D eigenvalue weighted by molar-refractivity contribution is 0.0688. The van der Waals surface area contributed by atoms with Gasteiger partial charge < -0.3 is 4.90 Å². The molecule has 21 heavy (non-hydrogen) atoms. The fourth-order valence-electron chi connectivity index (χ4n) is 2.72. The molecule has 6 heteroatoms. The van der Waals surface area contributed by atoms with E-state index in [1.165, 1.54) is 0 Å². The van der Waals surface area contributed by atoms with Crippen LogP contribution in [0.3, 0.4) is 0 Å². The Morgan fingerprint density at radius 2 is 2.10 bits per heavy atom. The zero-order valence-electron chi connectivity index (χ0n) is 11.9. The molecule has 1 fully saturated rings. The highest BCUT2D eigenvalue weighted by Crippen LogP contribution is 2.24. The molecule has 0 atom stereocenters. The number of aromatic nitrogens is 3. The molecule has 0 spiro atoms. The van der Waals surface area contributed by atoms with Gasteiger partial charge in [0.15, 0.2) is 0 Å². The van der Waals surface area contributed by atoms with Crippen molar-refractivity contribution in [1.82, 2.24) is 19.7 Å². The molecule has 1 saturated heterocycles. The van der Waals surface area contributed by atoms with Crippen LogP contribution in [0.2, 0.25) is 0 Å². The number of piperidine rings is 1. The highest BCUT2D eigenvalue weighted by atomic mass is 127. The Bertz CT molecular complexity index is 633. The van der Waals surface area contributed by atoms with Gasteiger partial charge in [-0.1, -0.05) is 12.1 Å². The number of amides is 1. The Kier molecular flexibility index (Phi) is 4.23. The summed E-state index contributed by atoms with van der Waals surface area (Å²) in [5.41, 5.74) is 1.97. The van der Waals surface area contributed by atoms with E-state index < -0.39 is 0 Å². The van der Waals surface area contributed by atoms with Gasteiger partial charge in [0.1, 0.15) is 12.7 Å². The van der Waals surface area contributed by atoms with Crippen LogP contribution in [-0.2, 0) is 0 Å². The molecule has 0 radical (unpaired) electrons. The number of rotatable bonds is 2. The van der Waals surface area contributed by atoms with E-state index in [0.29, 0.717) is 6.04 Å². The van der Waals surface area contributed by atoms with E-state index in [-0.39, 0.29) is 5.91 Å². The number of likely N-dealkylation sites (tertiary alicyclic amines) is 1. The van der Waals surface area contributed by atoms with Gasteiger partial charge in [-0.25, -0.2) is 9.67 Å². The predicted molar refractivity (Wildman–Crippen MR) is 88.1 cm³/mol. The average Bonchev–Trinajstić information content (AvgIpc) is 3.04. The molecule has 1 amide bonds. The number of carbonyl (C=O) groups excluding carboxylic acids is 1. The van der Waals surface area contributed by atoms with Crippen molar-refractivity contribution in [2.45, 2.75) is 25.8 Å². The van der Waals surface area contributed by atoms with Crippen molar-refractivity contribution < 1.29 is 4.79 Å². The highest BCUT2D eigenvalue weighted by molar-refractivity contribution is 14.1. The highest BCUT2D eigenvalue weighted by Gasteiger charge is 2.26. The number of halogens is 1. The van der Waals surface area contributed by atoms with E-state index in [1.54, 1.807) is 12.7 Å². The number of hydrogen-bond donors (Lipinski definition) is 0. The second-order valence-electron chi connectivity index (χ2n) is 5.34. The summed E-state index contributed by atoms with van der Waals surface area (Å²) in [6.45, 7) is 3.58. The standard InChI is InChI=1S/C15H17IN4O/c1-11-3-2-4-13(14(11)16)15(21)19-7-5-12(6-8-19)20-10-17-9-18-20/h2-4,9-10,12H,5-8H2,1H3. The van der Waals surface area contributed by atoms with E-state index >= 15 is 0 Å². The second kappa shape index (κ2) is 6.13. The van der Waals surface area contributed by atoms with Gasteiger partial charge in [0.2, 0.25) is 0 Å². The third-order valence-electron chi connectivity index (χ3n) is 3.98. The quantitative estimate of drug-likeness (QED) is 0.734. The van der Waals surface area contributed by atoms with Crippen molar-refractivity contribution in [3.05, 3.63) is 45.6 Å². The van der Waals surface area contributed by atoms with Gasteiger partial charge in [-0.05, 0) is 54.0 Å². The molecule has 1 aromatic heterocycles. The summed E-state index contributed by atoms with van der Waals surface area (Å²) in [5.74, 6) is 0.139. The Balaban J connectivity index is 1.69. The van der Waals surface area contributed by atoms with Crippen LogP contribution >= 0.6 is 22.6 Å². The van der Waals surface area contributed by atoms with Gasteiger partial charge in [0, 0.05) is 16.7 Å². The third-order valence-corrected chi connectivity index (χ3v) is 5.42. The summed E-state index contributed by atoms with van der Waals surface area (Å²) in [4.78, 5) is 18.6. The van der Waals surface area contributed by atoms with Crippen molar-refractivity contribution >= 4 is 28.5 Å². The first-order valence-electron chi connectivity index (χ1n) is 7.05. The molecular weight excluding hydrogens is 379 g/mol. The Labute approximate surface area is 137 Å². The van der Waals surface area contributed by atoms with Crippen molar-refractivity contribution in [1.29, 1.82) is 0 Å². The largest absolute Gasteiger partial charge is 0.338 e. The van der Waals surface area contributed by atoms with Gasteiger partial charge in [-0.15, -0.1) is 0 Å². The van der Waals surface area contributed by atoms with Gasteiger partial charge in [-0.2, -0.15) is 5.10 Å². The zero-order valence-corrected chi connectivity index (χ0v) is 14.0. The van der Waals surface area contributed by atoms with Crippen LogP contribution in [0.25, 0.3) is 0 Å². The predicted octanol–water partition coefficient (Wildman–Crippen LogP) is 2.67. The third kappa shape index (κ3) is 2.95. The van der Waals surface area contributed by atoms with Crippen molar-refractivity contribution in [3.8, 4) is 0 Å². The van der Waals surface area contributed by atoms with Crippen LogP contribution in [0.4, 0.5) is 0 Å². The number of aryl methyl sites for hydroxylation is 1. The van der Waals surface area contributed by atoms with Gasteiger partial charge in [0.05, 0.1) is 11.6 Å². The first-order valence-corrected chi connectivity index (χ1v) is 8.13. The molecule has 1 aliphatic rings. The molecule has 110 valence electrons. The summed E-state index contributed by atoms with van der Waals surface area (Å²) < 4.78 is 2.96. The molecule has 1 aromatic carbocycles. The first kappa shape index (κ1) is 14.5. The first-order chi connectivity index (χ1) is 10.2. The summed E-state index contributed by atoms with van der Waals surface area (Å²) in [7, 11) is 0. The van der Waals surface area contributed by atoms with Crippen molar-refractivity contribution in [2.24, 2.45) is 0 Å². The van der Waals surface area contributed by atoms with Crippen LogP contribution in [0.1, 0.15) is 34.8 Å². The maximum absolute atomic E-state index is 12.7. The van der Waals surface area contributed by atoms with Gasteiger partial charge >= 0.3 is 0 Å². The topological polar surface area (TPSA) is 51.0 Å². The van der Waals surface area contributed by atoms with Crippen LogP contribution < -0.4 is 0 Å². The van der Waals surface area contributed by atoms with Gasteiger partial charge in [0.25, 0.3) is 5.91 Å². The second-order valence-corrected chi connectivity index (χ2v) is 6.41. The van der Waals surface area contributed by atoms with Crippen LogP contribution in [0, 0.1) is 10.5 Å². The molecule has 0 N–H and O–H groups in total. The minimum atomic E-state index is 0.139. The summed E-state index contributed by atoms with van der Waals surface area (Å²) in [5, 5.41) is 4.19. The van der Waals surface area contributed by atoms with Gasteiger partial charge in [-0.3, -0.25) is 4.79 Å². The lowest BCUT2D eigenvalue weighted by Gasteiger charge is -2.32. The van der Waals surface area contributed by atoms with Crippen LogP contribution in [0.5, 0.6) is 0 Å². The fourth-order valence-corrected chi connectivity index (χ4v) is 3.31. The number of nitrogens with zero attached hydrogens (tertiary/aromatic N) is 4. The molecule has 3 rings (SSSR count). The summed E-state index contributed by atoms with van der Waals surface area (Å²) in [6, 6.07) is 6.26. The minimum absolute atomic E-state index is 0.139. The maximum Gasteiger partial charge on any atom is 0.254 e. The normalized spacial score (nSPS) is 16.2. The Morgan fingerprint density at radius 3 is 2.76 bits per heavy atom. The molecule has 2 heterocycles. The maximum atomic E-state index is 12.7. The van der Waals surface area contributed by atoms with Crippen LogP contribution in [0.15, 0.2) is 30.9 Å². The lowest BCUT2D eigenvalue weighted by atomic mass is 10.0. The molecule has 0 unspecified atom stereocenters. The SMILES string of the molecule is Cc1cccc(C(=O)N2CCC(n3cncn3)CC2)c1I. The monoisotopic (exact) mass is 396 g/mol. The number of hydrogen-bond acceptors (Lipinski definition) is 3. The van der Waals surface area contributed by atoms with E-state index in [9.17, 15) is 4.79 Å². The zero-order chi connectivity index (χ0) is 14.8. The molecule has 2 aromatic rings. The Morgan fingerprint density at radius 1 is 1.33 bits per heavy atom. The van der Waals surface area contributed by atoms with Crippen molar-refractivity contribution in [2.75, 3.05) is 13.1 Å². The number of benzene rings is 1. The average molecular weight is 396 g/mol.